The van der Waals surface area contributed by atoms with E-state index in [1.54, 1.807) is 18.3 Å². The van der Waals surface area contributed by atoms with Gasteiger partial charge in [0.15, 0.2) is 0 Å². The van der Waals surface area contributed by atoms with Crippen LogP contribution in [0.25, 0.3) is 0 Å². The number of nitrogens with zero attached hydrogens (tertiary/aromatic N) is 2. The lowest BCUT2D eigenvalue weighted by Gasteiger charge is -2.04. The van der Waals surface area contributed by atoms with E-state index in [9.17, 15) is 9.59 Å². The molecule has 0 bridgehead atoms. The topological polar surface area (TPSA) is 63.5 Å². The summed E-state index contributed by atoms with van der Waals surface area (Å²) < 4.78 is 1.34. The van der Waals surface area contributed by atoms with Gasteiger partial charge in [0.05, 0.1) is 0 Å². The third-order valence-corrected chi connectivity index (χ3v) is 2.48. The third-order valence-electron chi connectivity index (χ3n) is 2.48. The van der Waals surface area contributed by atoms with Gasteiger partial charge >= 0.3 is 0 Å². The van der Waals surface area contributed by atoms with E-state index in [2.05, 4.69) is 17.5 Å². The van der Waals surface area contributed by atoms with Gasteiger partial charge < -0.3 is 4.57 Å². The number of pyridine rings is 1. The Morgan fingerprint density at radius 1 is 1.44 bits per heavy atom. The average Bonchev–Trinajstić information content (AvgIpc) is 2.36. The molecule has 1 rings (SSSR count). The van der Waals surface area contributed by atoms with Gasteiger partial charge in [-0.2, -0.15) is 5.10 Å². The highest BCUT2D eigenvalue weighted by molar-refractivity contribution is 5.84. The summed E-state index contributed by atoms with van der Waals surface area (Å²) >= 11 is 0. The number of hydrogen-bond acceptors (Lipinski definition) is 3. The first-order valence-electron chi connectivity index (χ1n) is 6.11. The largest absolute Gasteiger partial charge is 0.306 e. The van der Waals surface area contributed by atoms with Gasteiger partial charge in [-0.15, -0.1) is 0 Å². The smallest absolute Gasteiger partial charge is 0.260 e. The Morgan fingerprint density at radius 3 is 2.89 bits per heavy atom. The van der Waals surface area contributed by atoms with Gasteiger partial charge in [-0.1, -0.05) is 19.4 Å². The Hall–Kier alpha value is -1.91. The number of aromatic nitrogens is 1. The van der Waals surface area contributed by atoms with Crippen LogP contribution in [0.2, 0.25) is 0 Å². The van der Waals surface area contributed by atoms with Crippen molar-refractivity contribution in [3.8, 4) is 0 Å². The molecule has 1 heterocycles. The minimum Gasteiger partial charge on any atom is -0.306 e. The standard InChI is InChI=1S/C13H19N3O2/c1-3-4-7-11(2)14-15-12(17)10-16-9-6-5-8-13(16)18/h5-6,8-9H,3-4,7,10H2,1-2H3,(H,15,17)/b14-11-. The molecule has 1 amide bonds. The molecule has 18 heavy (non-hydrogen) atoms. The van der Waals surface area contributed by atoms with Crippen molar-refractivity contribution in [3.05, 3.63) is 34.7 Å². The number of carbonyl (C=O) groups excluding carboxylic acids is 1. The fourth-order valence-corrected chi connectivity index (χ4v) is 1.43. The summed E-state index contributed by atoms with van der Waals surface area (Å²) in [6.07, 6.45) is 4.61. The quantitative estimate of drug-likeness (QED) is 0.614. The molecule has 0 aliphatic rings. The molecule has 0 saturated heterocycles. The Kier molecular flexibility index (Phi) is 5.84. The van der Waals surface area contributed by atoms with Crippen LogP contribution in [0.1, 0.15) is 33.1 Å². The molecule has 5 nitrogen and oxygen atoms in total. The van der Waals surface area contributed by atoms with E-state index < -0.39 is 0 Å². The van der Waals surface area contributed by atoms with Crippen molar-refractivity contribution in [2.24, 2.45) is 5.10 Å². The van der Waals surface area contributed by atoms with Crippen molar-refractivity contribution in [2.75, 3.05) is 0 Å². The minimum atomic E-state index is -0.292. The molecular formula is C13H19N3O2. The molecule has 0 fully saturated rings. The number of hydrogen-bond donors (Lipinski definition) is 1. The molecule has 0 aliphatic carbocycles. The van der Waals surface area contributed by atoms with Crippen LogP contribution in [0.3, 0.4) is 0 Å². The first kappa shape index (κ1) is 14.2. The third kappa shape index (κ3) is 4.95. The molecule has 5 heteroatoms. The zero-order valence-corrected chi connectivity index (χ0v) is 10.8. The first-order valence-corrected chi connectivity index (χ1v) is 6.11. The summed E-state index contributed by atoms with van der Waals surface area (Å²) in [6.45, 7) is 3.97. The summed E-state index contributed by atoms with van der Waals surface area (Å²) in [7, 11) is 0. The highest BCUT2D eigenvalue weighted by Crippen LogP contribution is 1.95. The Labute approximate surface area is 107 Å². The van der Waals surface area contributed by atoms with Crippen LogP contribution in [0, 0.1) is 0 Å². The molecule has 1 N–H and O–H groups in total. The molecule has 1 aromatic rings. The number of unbranched alkanes of at least 4 members (excludes halogenated alkanes) is 1. The number of rotatable bonds is 6. The number of hydrazone groups is 1. The van der Waals surface area contributed by atoms with Crippen LogP contribution in [-0.4, -0.2) is 16.2 Å². The van der Waals surface area contributed by atoms with Crippen LogP contribution < -0.4 is 11.0 Å². The molecular weight excluding hydrogens is 230 g/mol. The molecule has 0 atom stereocenters. The van der Waals surface area contributed by atoms with Gasteiger partial charge in [0.25, 0.3) is 11.5 Å². The average molecular weight is 249 g/mol. The Balaban J connectivity index is 2.48. The zero-order chi connectivity index (χ0) is 13.4. The number of nitrogens with one attached hydrogen (secondary N) is 1. The monoisotopic (exact) mass is 249 g/mol. The minimum absolute atomic E-state index is 0.00969. The summed E-state index contributed by atoms with van der Waals surface area (Å²) in [5.74, 6) is -0.292. The molecule has 1 aromatic heterocycles. The van der Waals surface area contributed by atoms with E-state index in [1.807, 2.05) is 6.92 Å². The van der Waals surface area contributed by atoms with Crippen molar-refractivity contribution in [3.63, 3.8) is 0 Å². The normalized spacial score (nSPS) is 11.3. The summed E-state index contributed by atoms with van der Waals surface area (Å²) in [5, 5.41) is 3.99. The molecule has 0 spiro atoms. The van der Waals surface area contributed by atoms with E-state index in [0.29, 0.717) is 0 Å². The van der Waals surface area contributed by atoms with Gasteiger partial charge in [-0.25, -0.2) is 5.43 Å². The second-order valence-corrected chi connectivity index (χ2v) is 4.15. The van der Waals surface area contributed by atoms with Gasteiger partial charge in [-0.3, -0.25) is 9.59 Å². The van der Waals surface area contributed by atoms with E-state index in [0.717, 1.165) is 25.0 Å². The Bertz CT molecular complexity index is 477. The van der Waals surface area contributed by atoms with Gasteiger partial charge in [0, 0.05) is 18.0 Å². The van der Waals surface area contributed by atoms with E-state index >= 15 is 0 Å². The van der Waals surface area contributed by atoms with Crippen molar-refractivity contribution < 1.29 is 4.79 Å². The maximum atomic E-state index is 11.6. The SMILES string of the molecule is CCCC/C(C)=N\NC(=O)Cn1ccccc1=O. The van der Waals surface area contributed by atoms with E-state index in [4.69, 9.17) is 0 Å². The Morgan fingerprint density at radius 2 is 2.22 bits per heavy atom. The molecule has 0 saturated carbocycles. The van der Waals surface area contributed by atoms with Crippen LogP contribution in [0.15, 0.2) is 34.3 Å². The van der Waals surface area contributed by atoms with Crippen LogP contribution in [0.4, 0.5) is 0 Å². The molecule has 0 aliphatic heterocycles. The van der Waals surface area contributed by atoms with Gasteiger partial charge in [0.2, 0.25) is 0 Å². The van der Waals surface area contributed by atoms with Crippen LogP contribution in [0.5, 0.6) is 0 Å². The lowest BCUT2D eigenvalue weighted by atomic mass is 10.2. The molecule has 0 aromatic carbocycles. The summed E-state index contributed by atoms with van der Waals surface area (Å²) in [6, 6.07) is 4.78. The van der Waals surface area contributed by atoms with Crippen LogP contribution >= 0.6 is 0 Å². The fraction of sp³-hybridized carbons (Fsp3) is 0.462. The van der Waals surface area contributed by atoms with E-state index in [1.165, 1.54) is 10.6 Å². The van der Waals surface area contributed by atoms with Gasteiger partial charge in [-0.05, 0) is 25.8 Å². The molecule has 98 valence electrons. The zero-order valence-electron chi connectivity index (χ0n) is 10.8. The first-order chi connectivity index (χ1) is 8.63. The van der Waals surface area contributed by atoms with Crippen LogP contribution in [-0.2, 0) is 11.3 Å². The number of amides is 1. The number of carbonyl (C=O) groups is 1. The molecule has 0 radical (unpaired) electrons. The lowest BCUT2D eigenvalue weighted by molar-refractivity contribution is -0.121. The maximum Gasteiger partial charge on any atom is 0.260 e. The highest BCUT2D eigenvalue weighted by atomic mass is 16.2. The second kappa shape index (κ2) is 7.42. The summed E-state index contributed by atoms with van der Waals surface area (Å²) in [4.78, 5) is 22.9. The molecule has 0 unspecified atom stereocenters. The van der Waals surface area contributed by atoms with Crippen molar-refractivity contribution in [1.82, 2.24) is 9.99 Å². The van der Waals surface area contributed by atoms with Gasteiger partial charge in [0.1, 0.15) is 6.54 Å². The van der Waals surface area contributed by atoms with E-state index in [-0.39, 0.29) is 18.0 Å². The maximum absolute atomic E-state index is 11.6. The van der Waals surface area contributed by atoms with Crippen molar-refractivity contribution in [1.29, 1.82) is 0 Å². The lowest BCUT2D eigenvalue weighted by Crippen LogP contribution is -2.29. The van der Waals surface area contributed by atoms with Crippen molar-refractivity contribution in [2.45, 2.75) is 39.7 Å². The second-order valence-electron chi connectivity index (χ2n) is 4.15. The predicted molar refractivity (Wildman–Crippen MR) is 71.5 cm³/mol. The highest BCUT2D eigenvalue weighted by Gasteiger charge is 2.02. The summed E-state index contributed by atoms with van der Waals surface area (Å²) in [5.41, 5.74) is 3.16. The predicted octanol–water partition coefficient (Wildman–Crippen LogP) is 1.53. The van der Waals surface area contributed by atoms with Crippen molar-refractivity contribution >= 4 is 11.6 Å². The fourth-order valence-electron chi connectivity index (χ4n) is 1.43.